The van der Waals surface area contributed by atoms with Crippen molar-refractivity contribution in [3.63, 3.8) is 0 Å². The van der Waals surface area contributed by atoms with Crippen molar-refractivity contribution in [1.29, 1.82) is 0 Å². The van der Waals surface area contributed by atoms with Gasteiger partial charge in [0.05, 0.1) is 13.2 Å². The molecular formula is C22H39N5O4. The summed E-state index contributed by atoms with van der Waals surface area (Å²) >= 11 is 0. The smallest absolute Gasteiger partial charge is 0.318 e. The lowest BCUT2D eigenvalue weighted by Crippen LogP contribution is -2.53. The number of ether oxygens (including phenoxy) is 1. The first kappa shape index (κ1) is 25.0. The predicted octanol–water partition coefficient (Wildman–Crippen LogP) is 2.92. The first-order valence-corrected chi connectivity index (χ1v) is 11.5. The van der Waals surface area contributed by atoms with Gasteiger partial charge < -0.3 is 30.1 Å². The van der Waals surface area contributed by atoms with E-state index in [0.717, 1.165) is 5.92 Å². The van der Waals surface area contributed by atoms with Crippen molar-refractivity contribution in [2.24, 2.45) is 5.92 Å². The Morgan fingerprint density at radius 3 is 2.39 bits per heavy atom. The molecule has 3 amide bonds. The number of carbonyl (C=O) groups excluding carboxylic acids is 2. The number of morpholine rings is 1. The molecule has 0 unspecified atom stereocenters. The van der Waals surface area contributed by atoms with Crippen LogP contribution in [0.15, 0.2) is 10.6 Å². The lowest BCUT2D eigenvalue weighted by molar-refractivity contribution is -0.123. The standard InChI is InChI=1S/C15H25N5O4.C7H14/c1-10(9-16-13-8-11(2)24-19-13)17-14(21)12(3)18-15(22)20-4-6-23-7-5-20;1-7-5-3-2-4-6-7/h8,10,12H,4-7,9H2,1-3H3,(H,16,19)(H,17,21)(H,18,22);7H,2-6H2,1H3/t10-,12-;/m0./s1. The van der Waals surface area contributed by atoms with Crippen LogP contribution in [0.3, 0.4) is 0 Å². The zero-order valence-corrected chi connectivity index (χ0v) is 19.4. The Kier molecular flexibility index (Phi) is 10.6. The maximum absolute atomic E-state index is 12.2. The Morgan fingerprint density at radius 2 is 1.84 bits per heavy atom. The van der Waals surface area contributed by atoms with Gasteiger partial charge in [-0.1, -0.05) is 44.2 Å². The average Bonchev–Trinajstić information content (AvgIpc) is 3.19. The molecule has 2 heterocycles. The SMILES string of the molecule is CC1CCCCC1.Cc1cc(NC[C@H](C)NC(=O)[C@H](C)NC(=O)N2CCOCC2)no1. The second-order valence-electron chi connectivity index (χ2n) is 8.63. The topological polar surface area (TPSA) is 109 Å². The highest BCUT2D eigenvalue weighted by Gasteiger charge is 2.22. The molecule has 2 aliphatic rings. The van der Waals surface area contributed by atoms with E-state index in [1.807, 2.05) is 13.8 Å². The molecule has 9 nitrogen and oxygen atoms in total. The van der Waals surface area contributed by atoms with Crippen molar-refractivity contribution in [2.75, 3.05) is 38.2 Å². The molecule has 0 radical (unpaired) electrons. The first-order chi connectivity index (χ1) is 14.8. The van der Waals surface area contributed by atoms with Crippen molar-refractivity contribution >= 4 is 17.8 Å². The summed E-state index contributed by atoms with van der Waals surface area (Å²) in [5.74, 6) is 2.15. The fraction of sp³-hybridized carbons (Fsp3) is 0.773. The van der Waals surface area contributed by atoms with Crippen molar-refractivity contribution in [3.05, 3.63) is 11.8 Å². The number of nitrogens with zero attached hydrogens (tertiary/aromatic N) is 2. The molecule has 31 heavy (non-hydrogen) atoms. The van der Waals surface area contributed by atoms with E-state index in [9.17, 15) is 9.59 Å². The van der Waals surface area contributed by atoms with Gasteiger partial charge in [0.2, 0.25) is 5.91 Å². The molecule has 9 heteroatoms. The molecule has 0 aromatic carbocycles. The molecule has 3 N–H and O–H groups in total. The van der Waals surface area contributed by atoms with Gasteiger partial charge >= 0.3 is 6.03 Å². The van der Waals surface area contributed by atoms with E-state index in [0.29, 0.717) is 44.4 Å². The Balaban J connectivity index is 0.000000412. The highest BCUT2D eigenvalue weighted by molar-refractivity contribution is 5.86. The zero-order chi connectivity index (χ0) is 22.6. The average molecular weight is 438 g/mol. The molecule has 1 aliphatic heterocycles. The highest BCUT2D eigenvalue weighted by atomic mass is 16.5. The van der Waals surface area contributed by atoms with Crippen LogP contribution in [0.25, 0.3) is 0 Å². The number of aryl methyl sites for hydroxylation is 1. The molecule has 1 saturated heterocycles. The molecule has 176 valence electrons. The third-order valence-electron chi connectivity index (χ3n) is 5.53. The number of rotatable bonds is 6. The van der Waals surface area contributed by atoms with Crippen LogP contribution in [-0.2, 0) is 9.53 Å². The maximum atomic E-state index is 12.2. The lowest BCUT2D eigenvalue weighted by Gasteiger charge is -2.28. The fourth-order valence-corrected chi connectivity index (χ4v) is 3.54. The van der Waals surface area contributed by atoms with Crippen molar-refractivity contribution in [3.8, 4) is 0 Å². The Hall–Kier alpha value is -2.29. The number of aromatic nitrogens is 1. The Morgan fingerprint density at radius 1 is 1.16 bits per heavy atom. The summed E-state index contributed by atoms with van der Waals surface area (Å²) in [5, 5.41) is 12.4. The highest BCUT2D eigenvalue weighted by Crippen LogP contribution is 2.22. The molecule has 1 aromatic heterocycles. The van der Waals surface area contributed by atoms with Gasteiger partial charge in [-0.2, -0.15) is 0 Å². The van der Waals surface area contributed by atoms with Crippen LogP contribution in [0.1, 0.15) is 58.6 Å². The minimum atomic E-state index is -0.614. The van der Waals surface area contributed by atoms with Gasteiger partial charge in [-0.3, -0.25) is 4.79 Å². The summed E-state index contributed by atoms with van der Waals surface area (Å²) in [6.07, 6.45) is 7.44. The van der Waals surface area contributed by atoms with E-state index < -0.39 is 6.04 Å². The van der Waals surface area contributed by atoms with Crippen LogP contribution in [0, 0.1) is 12.8 Å². The zero-order valence-electron chi connectivity index (χ0n) is 19.4. The minimum absolute atomic E-state index is 0.128. The Labute approximate surface area is 185 Å². The van der Waals surface area contributed by atoms with Crippen molar-refractivity contribution in [2.45, 2.75) is 71.9 Å². The summed E-state index contributed by atoms with van der Waals surface area (Å²) in [4.78, 5) is 25.9. The third kappa shape index (κ3) is 9.59. The van der Waals surface area contributed by atoms with E-state index in [-0.39, 0.29) is 18.0 Å². The summed E-state index contributed by atoms with van der Waals surface area (Å²) in [6.45, 7) is 10.3. The van der Waals surface area contributed by atoms with Crippen LogP contribution in [0.2, 0.25) is 0 Å². The van der Waals surface area contributed by atoms with Gasteiger partial charge in [0, 0.05) is 31.7 Å². The van der Waals surface area contributed by atoms with Gasteiger partial charge in [0.1, 0.15) is 11.8 Å². The van der Waals surface area contributed by atoms with E-state index in [2.05, 4.69) is 28.0 Å². The summed E-state index contributed by atoms with van der Waals surface area (Å²) in [6, 6.07) is 0.791. The molecule has 1 aliphatic carbocycles. The van der Waals surface area contributed by atoms with Crippen molar-refractivity contribution in [1.82, 2.24) is 20.7 Å². The van der Waals surface area contributed by atoms with Gasteiger partial charge in [0.25, 0.3) is 0 Å². The number of nitrogens with one attached hydrogen (secondary N) is 3. The number of carbonyl (C=O) groups is 2. The van der Waals surface area contributed by atoms with Crippen LogP contribution in [0.4, 0.5) is 10.6 Å². The molecule has 0 spiro atoms. The molecule has 3 rings (SSSR count). The summed E-state index contributed by atoms with van der Waals surface area (Å²) in [7, 11) is 0. The largest absolute Gasteiger partial charge is 0.378 e. The summed E-state index contributed by atoms with van der Waals surface area (Å²) < 4.78 is 10.2. The fourth-order valence-electron chi connectivity index (χ4n) is 3.54. The normalized spacial score (nSPS) is 18.9. The maximum Gasteiger partial charge on any atom is 0.318 e. The van der Waals surface area contributed by atoms with E-state index in [1.54, 1.807) is 17.9 Å². The molecule has 2 fully saturated rings. The predicted molar refractivity (Wildman–Crippen MR) is 120 cm³/mol. The molecule has 0 bridgehead atoms. The second kappa shape index (κ2) is 13.2. The Bertz CT molecular complexity index is 669. The van der Waals surface area contributed by atoms with Crippen LogP contribution in [0.5, 0.6) is 0 Å². The number of hydrogen-bond donors (Lipinski definition) is 3. The number of amides is 3. The van der Waals surface area contributed by atoms with Crippen LogP contribution >= 0.6 is 0 Å². The van der Waals surface area contributed by atoms with Crippen LogP contribution < -0.4 is 16.0 Å². The van der Waals surface area contributed by atoms with E-state index in [4.69, 9.17) is 9.26 Å². The minimum Gasteiger partial charge on any atom is -0.378 e. The molecule has 1 aromatic rings. The third-order valence-corrected chi connectivity index (χ3v) is 5.53. The number of hydrogen-bond acceptors (Lipinski definition) is 6. The molecule has 2 atom stereocenters. The number of urea groups is 1. The first-order valence-electron chi connectivity index (χ1n) is 11.5. The van der Waals surface area contributed by atoms with Gasteiger partial charge in [0.15, 0.2) is 5.82 Å². The van der Waals surface area contributed by atoms with Crippen LogP contribution in [-0.4, -0.2) is 66.9 Å². The van der Waals surface area contributed by atoms with E-state index in [1.165, 1.54) is 32.1 Å². The van der Waals surface area contributed by atoms with Gasteiger partial charge in [-0.15, -0.1) is 0 Å². The molecular weight excluding hydrogens is 398 g/mol. The number of anilines is 1. The monoisotopic (exact) mass is 437 g/mol. The molecule has 1 saturated carbocycles. The lowest BCUT2D eigenvalue weighted by atomic mass is 9.91. The summed E-state index contributed by atoms with van der Waals surface area (Å²) in [5.41, 5.74) is 0. The van der Waals surface area contributed by atoms with Gasteiger partial charge in [-0.05, 0) is 26.7 Å². The second-order valence-corrected chi connectivity index (χ2v) is 8.63. The van der Waals surface area contributed by atoms with E-state index >= 15 is 0 Å². The van der Waals surface area contributed by atoms with Crippen molar-refractivity contribution < 1.29 is 18.8 Å². The van der Waals surface area contributed by atoms with Gasteiger partial charge in [-0.25, -0.2) is 4.79 Å². The quantitative estimate of drug-likeness (QED) is 0.631.